The minimum absolute atomic E-state index is 0.0722. The van der Waals surface area contributed by atoms with Crippen molar-refractivity contribution >= 4 is 21.9 Å². The fourth-order valence-electron chi connectivity index (χ4n) is 2.95. The largest absolute Gasteiger partial charge is 0.253 e. The van der Waals surface area contributed by atoms with E-state index in [0.717, 1.165) is 39.5 Å². The van der Waals surface area contributed by atoms with Crippen LogP contribution in [0.15, 0.2) is 61.1 Å². The third-order valence-electron chi connectivity index (χ3n) is 4.07. The maximum absolute atomic E-state index is 4.47. The van der Waals surface area contributed by atoms with Crippen LogP contribution >= 0.6 is 0 Å². The van der Waals surface area contributed by atoms with Gasteiger partial charge >= 0.3 is 0 Å². The Labute approximate surface area is 134 Å². The van der Waals surface area contributed by atoms with Crippen LogP contribution < -0.4 is 0 Å². The molecule has 4 rings (SSSR count). The Hall–Kier alpha value is -2.88. The Bertz CT molecular complexity index is 970. The highest BCUT2D eigenvalue weighted by molar-refractivity contribution is 5.82. The van der Waals surface area contributed by atoms with E-state index >= 15 is 0 Å². The van der Waals surface area contributed by atoms with Crippen molar-refractivity contribution < 1.29 is 0 Å². The summed E-state index contributed by atoms with van der Waals surface area (Å²) in [5.74, 6) is 0.0722. The molecule has 2 aromatic carbocycles. The van der Waals surface area contributed by atoms with Crippen molar-refractivity contribution in [2.24, 2.45) is 0 Å². The molecule has 4 heteroatoms. The van der Waals surface area contributed by atoms with Gasteiger partial charge in [-0.3, -0.25) is 9.97 Å². The van der Waals surface area contributed by atoms with E-state index in [9.17, 15) is 0 Å². The van der Waals surface area contributed by atoms with Crippen molar-refractivity contribution in [1.29, 1.82) is 0 Å². The number of nitrogens with zero attached hydrogens (tertiary/aromatic N) is 4. The van der Waals surface area contributed by atoms with Crippen molar-refractivity contribution in [2.75, 3.05) is 0 Å². The van der Waals surface area contributed by atoms with Crippen LogP contribution in [0.2, 0.25) is 0 Å². The minimum atomic E-state index is 0.0722. The zero-order chi connectivity index (χ0) is 15.6. The number of benzene rings is 2. The number of para-hydroxylation sites is 1. The lowest BCUT2D eigenvalue weighted by molar-refractivity contribution is 0.830. The Morgan fingerprint density at radius 3 is 2.70 bits per heavy atom. The summed E-state index contributed by atoms with van der Waals surface area (Å²) in [7, 11) is 0. The van der Waals surface area contributed by atoms with Gasteiger partial charge in [0.05, 0.1) is 22.7 Å². The van der Waals surface area contributed by atoms with Gasteiger partial charge in [0.2, 0.25) is 0 Å². The second-order valence-corrected chi connectivity index (χ2v) is 5.56. The number of hydrogen-bond acceptors (Lipinski definition) is 4. The third-order valence-corrected chi connectivity index (χ3v) is 4.07. The van der Waals surface area contributed by atoms with Crippen LogP contribution in [-0.2, 0) is 6.42 Å². The highest BCUT2D eigenvalue weighted by Gasteiger charge is 2.13. The van der Waals surface area contributed by atoms with Gasteiger partial charge in [0, 0.05) is 17.8 Å². The molecule has 0 aliphatic rings. The SMILES string of the molecule is [CH2]C(Cc1cccc2nccnc12)c1cnnc2ccccc12. The van der Waals surface area contributed by atoms with E-state index in [-0.39, 0.29) is 5.92 Å². The van der Waals surface area contributed by atoms with Crippen LogP contribution in [0.4, 0.5) is 0 Å². The second kappa shape index (κ2) is 5.72. The van der Waals surface area contributed by atoms with E-state index in [1.165, 1.54) is 0 Å². The first-order valence-corrected chi connectivity index (χ1v) is 7.55. The number of hydrogen-bond donors (Lipinski definition) is 0. The van der Waals surface area contributed by atoms with Crippen LogP contribution in [-0.4, -0.2) is 20.2 Å². The molecule has 0 N–H and O–H groups in total. The first-order valence-electron chi connectivity index (χ1n) is 7.55. The highest BCUT2D eigenvalue weighted by Crippen LogP contribution is 2.27. The van der Waals surface area contributed by atoms with E-state index in [1.54, 1.807) is 12.4 Å². The Morgan fingerprint density at radius 2 is 1.74 bits per heavy atom. The molecule has 4 nitrogen and oxygen atoms in total. The molecule has 0 bridgehead atoms. The second-order valence-electron chi connectivity index (χ2n) is 5.56. The summed E-state index contributed by atoms with van der Waals surface area (Å²) in [5, 5.41) is 9.41. The summed E-state index contributed by atoms with van der Waals surface area (Å²) in [4.78, 5) is 8.84. The molecule has 2 aromatic heterocycles. The normalized spacial score (nSPS) is 12.6. The number of rotatable bonds is 3. The van der Waals surface area contributed by atoms with Crippen LogP contribution in [0.5, 0.6) is 0 Å². The van der Waals surface area contributed by atoms with Gasteiger partial charge in [-0.1, -0.05) is 30.3 Å². The molecule has 0 aliphatic carbocycles. The van der Waals surface area contributed by atoms with E-state index in [2.05, 4.69) is 39.2 Å². The van der Waals surface area contributed by atoms with Gasteiger partial charge in [0.1, 0.15) is 0 Å². The van der Waals surface area contributed by atoms with Crippen molar-refractivity contribution in [2.45, 2.75) is 12.3 Å². The average Bonchev–Trinajstić information content (AvgIpc) is 2.61. The smallest absolute Gasteiger partial charge is 0.0932 e. The summed E-state index contributed by atoms with van der Waals surface area (Å²) >= 11 is 0. The molecular weight excluding hydrogens is 284 g/mol. The van der Waals surface area contributed by atoms with Gasteiger partial charge in [0.25, 0.3) is 0 Å². The first kappa shape index (κ1) is 13.8. The van der Waals surface area contributed by atoms with Gasteiger partial charge in [0.15, 0.2) is 0 Å². The van der Waals surface area contributed by atoms with Crippen molar-refractivity contribution in [3.63, 3.8) is 0 Å². The van der Waals surface area contributed by atoms with Crippen LogP contribution in [0.3, 0.4) is 0 Å². The van der Waals surface area contributed by atoms with E-state index < -0.39 is 0 Å². The minimum Gasteiger partial charge on any atom is -0.253 e. The van der Waals surface area contributed by atoms with Gasteiger partial charge in [-0.05, 0) is 42.5 Å². The summed E-state index contributed by atoms with van der Waals surface area (Å²) in [6, 6.07) is 14.1. The highest BCUT2D eigenvalue weighted by atomic mass is 15.1. The van der Waals surface area contributed by atoms with Gasteiger partial charge in [-0.25, -0.2) is 0 Å². The Balaban J connectivity index is 1.75. The Kier molecular flexibility index (Phi) is 3.42. The fraction of sp³-hybridized carbons (Fsp3) is 0.105. The summed E-state index contributed by atoms with van der Waals surface area (Å²) in [6.07, 6.45) is 6.05. The zero-order valence-corrected chi connectivity index (χ0v) is 12.6. The average molecular weight is 299 g/mol. The lowest BCUT2D eigenvalue weighted by Gasteiger charge is -2.14. The van der Waals surface area contributed by atoms with E-state index in [1.807, 2.05) is 36.5 Å². The maximum Gasteiger partial charge on any atom is 0.0932 e. The van der Waals surface area contributed by atoms with Gasteiger partial charge in [-0.15, -0.1) is 0 Å². The first-order chi connectivity index (χ1) is 11.3. The maximum atomic E-state index is 4.47. The van der Waals surface area contributed by atoms with Crippen molar-refractivity contribution in [3.05, 3.63) is 79.1 Å². The quantitative estimate of drug-likeness (QED) is 0.578. The fourth-order valence-corrected chi connectivity index (χ4v) is 2.95. The zero-order valence-electron chi connectivity index (χ0n) is 12.6. The summed E-state index contributed by atoms with van der Waals surface area (Å²) in [6.45, 7) is 4.34. The lowest BCUT2D eigenvalue weighted by Crippen LogP contribution is -2.03. The summed E-state index contributed by atoms with van der Waals surface area (Å²) in [5.41, 5.74) is 5.01. The van der Waals surface area contributed by atoms with Gasteiger partial charge < -0.3 is 0 Å². The topological polar surface area (TPSA) is 51.6 Å². The predicted octanol–water partition coefficient (Wildman–Crippen LogP) is 3.73. The van der Waals surface area contributed by atoms with Crippen LogP contribution in [0, 0.1) is 6.92 Å². The van der Waals surface area contributed by atoms with E-state index in [4.69, 9.17) is 0 Å². The van der Waals surface area contributed by atoms with Crippen LogP contribution in [0.1, 0.15) is 17.0 Å². The lowest BCUT2D eigenvalue weighted by atomic mass is 9.92. The molecule has 0 fully saturated rings. The summed E-state index contributed by atoms with van der Waals surface area (Å²) < 4.78 is 0. The monoisotopic (exact) mass is 299 g/mol. The molecule has 23 heavy (non-hydrogen) atoms. The predicted molar refractivity (Wildman–Crippen MR) is 90.9 cm³/mol. The van der Waals surface area contributed by atoms with E-state index in [0.29, 0.717) is 0 Å². The van der Waals surface area contributed by atoms with Crippen LogP contribution in [0.25, 0.3) is 21.9 Å². The molecule has 1 unspecified atom stereocenters. The molecule has 0 aliphatic heterocycles. The molecule has 0 saturated heterocycles. The number of fused-ring (bicyclic) bond motifs is 2. The van der Waals surface area contributed by atoms with Crippen molar-refractivity contribution in [3.8, 4) is 0 Å². The molecular formula is C19H15N4. The third kappa shape index (κ3) is 2.52. The molecule has 4 aromatic rings. The molecule has 1 radical (unpaired) electrons. The molecule has 2 heterocycles. The molecule has 111 valence electrons. The number of aromatic nitrogens is 4. The molecule has 0 saturated carbocycles. The molecule has 0 spiro atoms. The Morgan fingerprint density at radius 1 is 0.913 bits per heavy atom. The van der Waals surface area contributed by atoms with Crippen molar-refractivity contribution in [1.82, 2.24) is 20.2 Å². The standard InChI is InChI=1S/C19H15N4/c1-13(16-12-22-23-17-7-3-2-6-15(16)17)11-14-5-4-8-18-19(14)21-10-9-20-18/h2-10,12-13H,1,11H2. The van der Waals surface area contributed by atoms with Gasteiger partial charge in [-0.2, -0.15) is 10.2 Å². The molecule has 0 amide bonds. The molecule has 1 atom stereocenters.